The average molecular weight is 315 g/mol. The minimum atomic E-state index is -0.245. The summed E-state index contributed by atoms with van der Waals surface area (Å²) in [4.78, 5) is 12.5. The molecular weight excluding hydrogens is 290 g/mol. The van der Waals surface area contributed by atoms with E-state index in [9.17, 15) is 9.90 Å². The molecule has 2 rings (SSSR count). The Bertz CT molecular complexity index is 697. The molecule has 5 nitrogen and oxygen atoms in total. The molecule has 5 heteroatoms. The number of aromatic nitrogens is 2. The van der Waals surface area contributed by atoms with Gasteiger partial charge in [0.15, 0.2) is 5.69 Å². The molecule has 0 spiro atoms. The number of rotatable bonds is 4. The predicted octanol–water partition coefficient (Wildman–Crippen LogP) is 3.51. The standard InChI is InChI=1S/C18H25N3O2/c1-12(2)16-10-15(20-21(16)18(3,4)5)17(23)19-14-8-6-7-13(9-14)11-22/h6-10,12,22H,11H2,1-5H3,(H,19,23). The van der Waals surface area contributed by atoms with Crippen LogP contribution in [0.15, 0.2) is 30.3 Å². The van der Waals surface area contributed by atoms with Crippen LogP contribution in [-0.4, -0.2) is 20.8 Å². The molecule has 0 radical (unpaired) electrons. The molecule has 0 unspecified atom stereocenters. The van der Waals surface area contributed by atoms with Crippen molar-refractivity contribution >= 4 is 11.6 Å². The Balaban J connectivity index is 2.29. The summed E-state index contributed by atoms with van der Waals surface area (Å²) in [5.41, 5.74) is 2.66. The Morgan fingerprint density at radius 1 is 1.30 bits per heavy atom. The lowest BCUT2D eigenvalue weighted by Crippen LogP contribution is -2.26. The van der Waals surface area contributed by atoms with Crippen LogP contribution >= 0.6 is 0 Å². The fourth-order valence-electron chi connectivity index (χ4n) is 2.40. The third kappa shape index (κ3) is 3.99. The highest BCUT2D eigenvalue weighted by Crippen LogP contribution is 2.24. The normalized spacial score (nSPS) is 11.8. The van der Waals surface area contributed by atoms with Crippen molar-refractivity contribution in [1.29, 1.82) is 0 Å². The van der Waals surface area contributed by atoms with E-state index in [0.717, 1.165) is 11.3 Å². The molecule has 0 saturated carbocycles. The van der Waals surface area contributed by atoms with Gasteiger partial charge in [0, 0.05) is 11.4 Å². The monoisotopic (exact) mass is 315 g/mol. The first kappa shape index (κ1) is 17.2. The Morgan fingerprint density at radius 3 is 2.52 bits per heavy atom. The van der Waals surface area contributed by atoms with E-state index in [1.807, 2.05) is 10.7 Å². The van der Waals surface area contributed by atoms with E-state index in [4.69, 9.17) is 0 Å². The third-order valence-corrected chi connectivity index (χ3v) is 3.56. The third-order valence-electron chi connectivity index (χ3n) is 3.56. The summed E-state index contributed by atoms with van der Waals surface area (Å²) in [5, 5.41) is 16.5. The number of nitrogens with one attached hydrogen (secondary N) is 1. The average Bonchev–Trinajstić information content (AvgIpc) is 2.93. The van der Waals surface area contributed by atoms with Gasteiger partial charge >= 0.3 is 0 Å². The molecule has 1 heterocycles. The molecule has 0 saturated heterocycles. The predicted molar refractivity (Wildman–Crippen MR) is 91.6 cm³/mol. The van der Waals surface area contributed by atoms with Crippen molar-refractivity contribution in [2.24, 2.45) is 0 Å². The quantitative estimate of drug-likeness (QED) is 0.907. The van der Waals surface area contributed by atoms with Crippen molar-refractivity contribution in [3.8, 4) is 0 Å². The van der Waals surface area contributed by atoms with E-state index in [1.54, 1.807) is 24.3 Å². The van der Waals surface area contributed by atoms with Crippen LogP contribution in [0.25, 0.3) is 0 Å². The summed E-state index contributed by atoms with van der Waals surface area (Å²) in [7, 11) is 0. The van der Waals surface area contributed by atoms with Crippen LogP contribution in [-0.2, 0) is 12.1 Å². The summed E-state index contributed by atoms with van der Waals surface area (Å²) in [6.45, 7) is 10.3. The number of carbonyl (C=O) groups excluding carboxylic acids is 1. The molecular formula is C18H25N3O2. The number of carbonyl (C=O) groups is 1. The van der Waals surface area contributed by atoms with Crippen LogP contribution in [0.2, 0.25) is 0 Å². The van der Waals surface area contributed by atoms with Crippen molar-refractivity contribution in [1.82, 2.24) is 9.78 Å². The maximum atomic E-state index is 12.5. The summed E-state index contributed by atoms with van der Waals surface area (Å²) >= 11 is 0. The maximum Gasteiger partial charge on any atom is 0.276 e. The molecule has 0 aliphatic rings. The largest absolute Gasteiger partial charge is 0.392 e. The molecule has 0 bridgehead atoms. The van der Waals surface area contributed by atoms with Gasteiger partial charge in [-0.05, 0) is 50.5 Å². The number of hydrogen-bond acceptors (Lipinski definition) is 3. The van der Waals surface area contributed by atoms with Crippen molar-refractivity contribution in [3.05, 3.63) is 47.3 Å². The second kappa shape index (κ2) is 6.54. The minimum Gasteiger partial charge on any atom is -0.392 e. The molecule has 1 aromatic heterocycles. The molecule has 2 N–H and O–H groups in total. The van der Waals surface area contributed by atoms with Crippen LogP contribution in [0.1, 0.15) is 62.3 Å². The summed E-state index contributed by atoms with van der Waals surface area (Å²) in [5.74, 6) is 0.0333. The molecule has 0 aliphatic heterocycles. The highest BCUT2D eigenvalue weighted by molar-refractivity contribution is 6.03. The van der Waals surface area contributed by atoms with Gasteiger partial charge in [0.05, 0.1) is 12.1 Å². The molecule has 2 aromatic rings. The van der Waals surface area contributed by atoms with Crippen LogP contribution in [0.4, 0.5) is 5.69 Å². The van der Waals surface area contributed by atoms with E-state index in [0.29, 0.717) is 11.4 Å². The first-order chi connectivity index (χ1) is 10.7. The van der Waals surface area contributed by atoms with Gasteiger partial charge in [-0.25, -0.2) is 0 Å². The second-order valence-electron chi connectivity index (χ2n) is 7.00. The van der Waals surface area contributed by atoms with Crippen molar-refractivity contribution in [2.45, 2.75) is 52.7 Å². The Morgan fingerprint density at radius 2 is 2.00 bits per heavy atom. The Labute approximate surface area is 137 Å². The number of anilines is 1. The van der Waals surface area contributed by atoms with Gasteiger partial charge in [-0.3, -0.25) is 9.48 Å². The van der Waals surface area contributed by atoms with Gasteiger partial charge in [0.1, 0.15) is 0 Å². The van der Waals surface area contributed by atoms with Crippen molar-refractivity contribution < 1.29 is 9.90 Å². The topological polar surface area (TPSA) is 67.2 Å². The summed E-state index contributed by atoms with van der Waals surface area (Å²) in [6.07, 6.45) is 0. The number of benzene rings is 1. The Hall–Kier alpha value is -2.14. The maximum absolute atomic E-state index is 12.5. The number of nitrogens with zero attached hydrogens (tertiary/aromatic N) is 2. The van der Waals surface area contributed by atoms with E-state index >= 15 is 0 Å². The van der Waals surface area contributed by atoms with E-state index in [2.05, 4.69) is 45.0 Å². The van der Waals surface area contributed by atoms with Gasteiger partial charge in [-0.15, -0.1) is 0 Å². The van der Waals surface area contributed by atoms with Crippen molar-refractivity contribution in [2.75, 3.05) is 5.32 Å². The SMILES string of the molecule is CC(C)c1cc(C(=O)Nc2cccc(CO)c2)nn1C(C)(C)C. The number of hydrogen-bond donors (Lipinski definition) is 2. The van der Waals surface area contributed by atoms with E-state index in [-0.39, 0.29) is 24.0 Å². The van der Waals surface area contributed by atoms with E-state index < -0.39 is 0 Å². The van der Waals surface area contributed by atoms with Gasteiger partial charge in [-0.2, -0.15) is 5.10 Å². The molecule has 1 aromatic carbocycles. The molecule has 1 amide bonds. The van der Waals surface area contributed by atoms with Gasteiger partial charge in [0.25, 0.3) is 5.91 Å². The molecule has 0 atom stereocenters. The Kier molecular flexibility index (Phi) is 4.90. The van der Waals surface area contributed by atoms with Crippen LogP contribution in [0.3, 0.4) is 0 Å². The zero-order chi connectivity index (χ0) is 17.2. The fourth-order valence-corrected chi connectivity index (χ4v) is 2.40. The highest BCUT2D eigenvalue weighted by atomic mass is 16.3. The molecule has 23 heavy (non-hydrogen) atoms. The first-order valence-electron chi connectivity index (χ1n) is 7.84. The lowest BCUT2D eigenvalue weighted by Gasteiger charge is -2.23. The summed E-state index contributed by atoms with van der Waals surface area (Å²) in [6, 6.07) is 9.00. The van der Waals surface area contributed by atoms with Crippen molar-refractivity contribution in [3.63, 3.8) is 0 Å². The van der Waals surface area contributed by atoms with Crippen LogP contribution in [0.5, 0.6) is 0 Å². The van der Waals surface area contributed by atoms with Crippen LogP contribution < -0.4 is 5.32 Å². The smallest absolute Gasteiger partial charge is 0.276 e. The minimum absolute atomic E-state index is 0.0557. The lowest BCUT2D eigenvalue weighted by molar-refractivity contribution is 0.102. The molecule has 124 valence electrons. The number of aliphatic hydroxyl groups excluding tert-OH is 1. The molecule has 0 aliphatic carbocycles. The zero-order valence-corrected chi connectivity index (χ0v) is 14.4. The van der Waals surface area contributed by atoms with Gasteiger partial charge in [-0.1, -0.05) is 26.0 Å². The van der Waals surface area contributed by atoms with E-state index in [1.165, 1.54) is 0 Å². The number of amides is 1. The van der Waals surface area contributed by atoms with Gasteiger partial charge < -0.3 is 10.4 Å². The highest BCUT2D eigenvalue weighted by Gasteiger charge is 2.23. The zero-order valence-electron chi connectivity index (χ0n) is 14.4. The molecule has 0 fully saturated rings. The van der Waals surface area contributed by atoms with Gasteiger partial charge in [0.2, 0.25) is 0 Å². The fraction of sp³-hybridized carbons (Fsp3) is 0.444. The summed E-state index contributed by atoms with van der Waals surface area (Å²) < 4.78 is 1.91. The first-order valence-corrected chi connectivity index (χ1v) is 7.84. The van der Waals surface area contributed by atoms with Crippen LogP contribution in [0, 0.1) is 0 Å². The lowest BCUT2D eigenvalue weighted by atomic mass is 10.1. The number of aliphatic hydroxyl groups is 1. The second-order valence-corrected chi connectivity index (χ2v) is 7.00.